The number of pyridine rings is 1. The molecule has 4 nitrogen and oxygen atoms in total. The predicted molar refractivity (Wildman–Crippen MR) is 122 cm³/mol. The standard InChI is InChI=1S/C27H21NO3/c1-2-27(29)31-26-15-9-7-13-24(26)22-16-21(17-28-18-22)23-12-6-8-14-25(23)30-19-20-10-4-3-5-11-20/h2-18H,1,19H2. The Hall–Kier alpha value is -4.18. The fourth-order valence-corrected chi connectivity index (χ4v) is 3.25. The second-order valence-corrected chi connectivity index (χ2v) is 6.85. The van der Waals surface area contributed by atoms with Crippen LogP contribution in [0.15, 0.2) is 110 Å². The fourth-order valence-electron chi connectivity index (χ4n) is 3.25. The molecule has 4 rings (SSSR count). The molecular formula is C27H21NO3. The van der Waals surface area contributed by atoms with Gasteiger partial charge in [-0.2, -0.15) is 0 Å². The Kier molecular flexibility index (Phi) is 6.19. The molecule has 0 unspecified atom stereocenters. The van der Waals surface area contributed by atoms with Gasteiger partial charge < -0.3 is 9.47 Å². The summed E-state index contributed by atoms with van der Waals surface area (Å²) in [6.45, 7) is 3.94. The van der Waals surface area contributed by atoms with Crippen LogP contribution >= 0.6 is 0 Å². The second-order valence-electron chi connectivity index (χ2n) is 6.85. The molecule has 0 atom stereocenters. The normalized spacial score (nSPS) is 10.3. The van der Waals surface area contributed by atoms with Crippen LogP contribution in [0, 0.1) is 0 Å². The van der Waals surface area contributed by atoms with Crippen LogP contribution in [0.1, 0.15) is 5.56 Å². The Labute approximate surface area is 181 Å². The van der Waals surface area contributed by atoms with Gasteiger partial charge in [0.1, 0.15) is 18.1 Å². The van der Waals surface area contributed by atoms with Gasteiger partial charge in [-0.1, -0.05) is 73.3 Å². The summed E-state index contributed by atoms with van der Waals surface area (Å²) >= 11 is 0. The van der Waals surface area contributed by atoms with Crippen molar-refractivity contribution in [3.8, 4) is 33.8 Å². The highest BCUT2D eigenvalue weighted by Crippen LogP contribution is 2.35. The number of ether oxygens (including phenoxy) is 2. The summed E-state index contributed by atoms with van der Waals surface area (Å²) in [7, 11) is 0. The van der Waals surface area contributed by atoms with Crippen LogP contribution in [0.25, 0.3) is 22.3 Å². The van der Waals surface area contributed by atoms with Crippen molar-refractivity contribution in [3.05, 3.63) is 116 Å². The number of nitrogens with zero attached hydrogens (tertiary/aromatic N) is 1. The van der Waals surface area contributed by atoms with Gasteiger partial charge in [-0.3, -0.25) is 4.98 Å². The highest BCUT2D eigenvalue weighted by Gasteiger charge is 2.12. The SMILES string of the molecule is C=CC(=O)Oc1ccccc1-c1cncc(-c2ccccc2OCc2ccccc2)c1. The molecule has 4 heteroatoms. The van der Waals surface area contributed by atoms with E-state index in [0.29, 0.717) is 12.4 Å². The van der Waals surface area contributed by atoms with Crippen LogP contribution in [0.4, 0.5) is 0 Å². The van der Waals surface area contributed by atoms with Crippen molar-refractivity contribution in [2.45, 2.75) is 6.61 Å². The number of para-hydroxylation sites is 2. The van der Waals surface area contributed by atoms with Crippen molar-refractivity contribution in [2.24, 2.45) is 0 Å². The summed E-state index contributed by atoms with van der Waals surface area (Å²) in [6.07, 6.45) is 4.69. The van der Waals surface area contributed by atoms with E-state index in [1.54, 1.807) is 18.5 Å². The van der Waals surface area contributed by atoms with E-state index < -0.39 is 5.97 Å². The van der Waals surface area contributed by atoms with Crippen LogP contribution in [0.3, 0.4) is 0 Å². The van der Waals surface area contributed by atoms with Gasteiger partial charge in [-0.05, 0) is 23.8 Å². The Balaban J connectivity index is 1.66. The third-order valence-electron chi connectivity index (χ3n) is 4.75. The number of hydrogen-bond donors (Lipinski definition) is 0. The molecule has 3 aromatic carbocycles. The summed E-state index contributed by atoms with van der Waals surface area (Å²) in [4.78, 5) is 16.1. The number of benzene rings is 3. The number of hydrogen-bond acceptors (Lipinski definition) is 4. The zero-order valence-corrected chi connectivity index (χ0v) is 16.9. The van der Waals surface area contributed by atoms with Gasteiger partial charge in [-0.15, -0.1) is 0 Å². The van der Waals surface area contributed by atoms with E-state index in [9.17, 15) is 4.79 Å². The zero-order valence-electron chi connectivity index (χ0n) is 16.9. The van der Waals surface area contributed by atoms with Crippen molar-refractivity contribution >= 4 is 5.97 Å². The number of carbonyl (C=O) groups is 1. The van der Waals surface area contributed by atoms with Gasteiger partial charge >= 0.3 is 5.97 Å². The summed E-state index contributed by atoms with van der Waals surface area (Å²) in [6, 6.07) is 27.3. The van der Waals surface area contributed by atoms with E-state index in [4.69, 9.17) is 9.47 Å². The van der Waals surface area contributed by atoms with Crippen molar-refractivity contribution in [1.29, 1.82) is 0 Å². The molecule has 0 amide bonds. The number of rotatable bonds is 7. The lowest BCUT2D eigenvalue weighted by atomic mass is 10.0. The highest BCUT2D eigenvalue weighted by atomic mass is 16.5. The molecule has 0 aliphatic carbocycles. The lowest BCUT2D eigenvalue weighted by Gasteiger charge is -2.13. The van der Waals surface area contributed by atoms with Gasteiger partial charge in [-0.25, -0.2) is 4.79 Å². The minimum absolute atomic E-state index is 0.458. The number of aromatic nitrogens is 1. The van der Waals surface area contributed by atoms with Crippen LogP contribution in [0.5, 0.6) is 11.5 Å². The molecule has 0 fully saturated rings. The quantitative estimate of drug-likeness (QED) is 0.211. The van der Waals surface area contributed by atoms with Crippen molar-refractivity contribution in [1.82, 2.24) is 4.98 Å². The van der Waals surface area contributed by atoms with Gasteiger partial charge in [0.2, 0.25) is 0 Å². The van der Waals surface area contributed by atoms with E-state index in [1.807, 2.05) is 78.9 Å². The maximum Gasteiger partial charge on any atom is 0.335 e. The third kappa shape index (κ3) is 4.87. The van der Waals surface area contributed by atoms with Crippen molar-refractivity contribution in [2.75, 3.05) is 0 Å². The molecule has 0 saturated heterocycles. The van der Waals surface area contributed by atoms with Crippen molar-refractivity contribution < 1.29 is 14.3 Å². The Morgan fingerprint density at radius 1 is 0.806 bits per heavy atom. The van der Waals surface area contributed by atoms with E-state index in [1.165, 1.54) is 0 Å². The molecule has 0 aliphatic heterocycles. The van der Waals surface area contributed by atoms with E-state index in [-0.39, 0.29) is 0 Å². The van der Waals surface area contributed by atoms with Crippen LogP contribution in [0.2, 0.25) is 0 Å². The van der Waals surface area contributed by atoms with Crippen LogP contribution in [-0.2, 0) is 11.4 Å². The second kappa shape index (κ2) is 9.55. The van der Waals surface area contributed by atoms with Crippen LogP contribution < -0.4 is 9.47 Å². The maximum atomic E-state index is 11.7. The molecule has 0 N–H and O–H groups in total. The minimum Gasteiger partial charge on any atom is -0.488 e. The average Bonchev–Trinajstić information content (AvgIpc) is 2.84. The molecule has 31 heavy (non-hydrogen) atoms. The zero-order chi connectivity index (χ0) is 21.5. The summed E-state index contributed by atoms with van der Waals surface area (Å²) in [5, 5.41) is 0. The summed E-state index contributed by atoms with van der Waals surface area (Å²) in [5.74, 6) is 0.729. The monoisotopic (exact) mass is 407 g/mol. The Bertz CT molecular complexity index is 1200. The first-order valence-electron chi connectivity index (χ1n) is 9.89. The third-order valence-corrected chi connectivity index (χ3v) is 4.75. The number of esters is 1. The molecule has 0 aliphatic rings. The molecule has 4 aromatic rings. The number of carbonyl (C=O) groups excluding carboxylic acids is 1. The summed E-state index contributed by atoms with van der Waals surface area (Å²) < 4.78 is 11.5. The molecule has 152 valence electrons. The highest BCUT2D eigenvalue weighted by molar-refractivity contribution is 5.86. The smallest absolute Gasteiger partial charge is 0.335 e. The Morgan fingerprint density at radius 3 is 2.06 bits per heavy atom. The summed E-state index contributed by atoms with van der Waals surface area (Å²) in [5.41, 5.74) is 4.55. The van der Waals surface area contributed by atoms with E-state index in [2.05, 4.69) is 11.6 Å². The topological polar surface area (TPSA) is 48.4 Å². The lowest BCUT2D eigenvalue weighted by Crippen LogP contribution is -2.04. The molecule has 0 bridgehead atoms. The van der Waals surface area contributed by atoms with Gasteiger partial charge in [0.15, 0.2) is 0 Å². The first kappa shape index (κ1) is 20.1. The van der Waals surface area contributed by atoms with E-state index in [0.717, 1.165) is 39.6 Å². The van der Waals surface area contributed by atoms with E-state index >= 15 is 0 Å². The first-order chi connectivity index (χ1) is 15.2. The molecule has 0 saturated carbocycles. The minimum atomic E-state index is -0.503. The molecule has 1 aromatic heterocycles. The largest absolute Gasteiger partial charge is 0.488 e. The Morgan fingerprint density at radius 2 is 1.39 bits per heavy atom. The van der Waals surface area contributed by atoms with Gasteiger partial charge in [0.05, 0.1) is 0 Å². The lowest BCUT2D eigenvalue weighted by molar-refractivity contribution is -0.128. The molecular weight excluding hydrogens is 386 g/mol. The predicted octanol–water partition coefficient (Wildman–Crippen LogP) is 6.09. The molecule has 0 radical (unpaired) electrons. The first-order valence-corrected chi connectivity index (χ1v) is 9.89. The van der Waals surface area contributed by atoms with Gasteiger partial charge in [0, 0.05) is 40.7 Å². The molecule has 1 heterocycles. The van der Waals surface area contributed by atoms with Crippen molar-refractivity contribution in [3.63, 3.8) is 0 Å². The molecule has 0 spiro atoms. The fraction of sp³-hybridized carbons (Fsp3) is 0.0370. The average molecular weight is 407 g/mol. The van der Waals surface area contributed by atoms with Crippen LogP contribution in [-0.4, -0.2) is 11.0 Å². The maximum absolute atomic E-state index is 11.7. The van der Waals surface area contributed by atoms with Gasteiger partial charge in [0.25, 0.3) is 0 Å².